The molecule has 1 N–H and O–H groups in total. The van der Waals surface area contributed by atoms with Crippen molar-refractivity contribution in [2.75, 3.05) is 5.32 Å². The molecule has 0 spiro atoms. The summed E-state index contributed by atoms with van der Waals surface area (Å²) in [6.07, 6.45) is 1.65. The molecule has 140 valence electrons. The molecule has 0 aliphatic carbocycles. The second-order valence-electron chi connectivity index (χ2n) is 6.40. The molecule has 3 rings (SSSR count). The summed E-state index contributed by atoms with van der Waals surface area (Å²) in [5.41, 5.74) is 3.77. The molecule has 0 saturated carbocycles. The standard InChI is InChI=1S/C21H18N4O2S/c1-14(2)18-8-3-4-9-19(18)23-12-16(11-22)21-24-20(13-28-21)15-6-5-7-17(10-15)25(26)27/h3-10,12-14,23H,1-2H3/b16-12-. The van der Waals surface area contributed by atoms with Crippen LogP contribution < -0.4 is 5.32 Å². The number of nitrogens with zero attached hydrogens (tertiary/aromatic N) is 3. The van der Waals surface area contributed by atoms with Gasteiger partial charge in [0.1, 0.15) is 16.6 Å². The van der Waals surface area contributed by atoms with Crippen LogP contribution in [0.1, 0.15) is 30.3 Å². The van der Waals surface area contributed by atoms with Crippen molar-refractivity contribution < 1.29 is 4.92 Å². The Bertz CT molecular complexity index is 1080. The average Bonchev–Trinajstić information content (AvgIpc) is 3.19. The third kappa shape index (κ3) is 4.24. The highest BCUT2D eigenvalue weighted by atomic mass is 32.1. The van der Waals surface area contributed by atoms with Crippen molar-refractivity contribution in [3.8, 4) is 17.3 Å². The molecule has 0 amide bonds. The van der Waals surface area contributed by atoms with Crippen molar-refractivity contribution in [3.05, 3.63) is 80.8 Å². The molecule has 7 heteroatoms. The molecule has 0 atom stereocenters. The van der Waals surface area contributed by atoms with Crippen LogP contribution in [0.25, 0.3) is 16.8 Å². The predicted octanol–water partition coefficient (Wildman–Crippen LogP) is 5.82. The molecule has 0 unspecified atom stereocenters. The number of anilines is 1. The van der Waals surface area contributed by atoms with E-state index in [0.717, 1.165) is 11.3 Å². The van der Waals surface area contributed by atoms with Gasteiger partial charge in [-0.15, -0.1) is 11.3 Å². The summed E-state index contributed by atoms with van der Waals surface area (Å²) < 4.78 is 0. The van der Waals surface area contributed by atoms with Crippen molar-refractivity contribution in [2.45, 2.75) is 19.8 Å². The van der Waals surface area contributed by atoms with Crippen molar-refractivity contribution >= 4 is 28.3 Å². The van der Waals surface area contributed by atoms with Crippen LogP contribution in [0.3, 0.4) is 0 Å². The maximum absolute atomic E-state index is 11.0. The molecule has 1 aromatic heterocycles. The van der Waals surface area contributed by atoms with Gasteiger partial charge in [-0.05, 0) is 17.5 Å². The first-order valence-electron chi connectivity index (χ1n) is 8.66. The molecular formula is C21H18N4O2S. The van der Waals surface area contributed by atoms with E-state index < -0.39 is 4.92 Å². The number of nitriles is 1. The van der Waals surface area contributed by atoms with E-state index in [1.165, 1.54) is 23.5 Å². The molecule has 0 saturated heterocycles. The summed E-state index contributed by atoms with van der Waals surface area (Å²) in [5, 5.41) is 26.1. The quantitative estimate of drug-likeness (QED) is 0.325. The van der Waals surface area contributed by atoms with Gasteiger partial charge in [-0.3, -0.25) is 10.1 Å². The number of aromatic nitrogens is 1. The normalized spacial score (nSPS) is 11.3. The van der Waals surface area contributed by atoms with Crippen LogP contribution in [0.5, 0.6) is 0 Å². The van der Waals surface area contributed by atoms with E-state index in [4.69, 9.17) is 0 Å². The number of nitrogens with one attached hydrogen (secondary N) is 1. The number of benzene rings is 2. The van der Waals surface area contributed by atoms with E-state index in [-0.39, 0.29) is 5.69 Å². The minimum Gasteiger partial charge on any atom is -0.360 e. The Kier molecular flexibility index (Phi) is 5.82. The zero-order valence-electron chi connectivity index (χ0n) is 15.4. The summed E-state index contributed by atoms with van der Waals surface area (Å²) in [5.74, 6) is 0.350. The summed E-state index contributed by atoms with van der Waals surface area (Å²) in [6.45, 7) is 4.23. The van der Waals surface area contributed by atoms with Gasteiger partial charge < -0.3 is 5.32 Å². The Balaban J connectivity index is 1.87. The number of para-hydroxylation sites is 1. The number of hydrogen-bond donors (Lipinski definition) is 1. The van der Waals surface area contributed by atoms with Crippen LogP contribution in [-0.4, -0.2) is 9.91 Å². The van der Waals surface area contributed by atoms with E-state index in [2.05, 4.69) is 36.3 Å². The fourth-order valence-electron chi connectivity index (χ4n) is 2.73. The van der Waals surface area contributed by atoms with Crippen LogP contribution in [0.2, 0.25) is 0 Å². The van der Waals surface area contributed by atoms with Crippen molar-refractivity contribution in [2.24, 2.45) is 0 Å². The maximum atomic E-state index is 11.0. The molecule has 0 fully saturated rings. The second-order valence-corrected chi connectivity index (χ2v) is 7.26. The van der Waals surface area contributed by atoms with Gasteiger partial charge in [0, 0.05) is 35.0 Å². The van der Waals surface area contributed by atoms with E-state index >= 15 is 0 Å². The third-order valence-corrected chi connectivity index (χ3v) is 5.04. The van der Waals surface area contributed by atoms with E-state index in [1.807, 2.05) is 18.2 Å². The fourth-order valence-corrected chi connectivity index (χ4v) is 3.53. The second kappa shape index (κ2) is 8.46. The monoisotopic (exact) mass is 390 g/mol. The van der Waals surface area contributed by atoms with Gasteiger partial charge in [-0.25, -0.2) is 4.98 Å². The molecule has 3 aromatic rings. The zero-order valence-corrected chi connectivity index (χ0v) is 16.2. The Labute approximate surface area is 167 Å². The molecule has 6 nitrogen and oxygen atoms in total. The Hall–Kier alpha value is -3.50. The van der Waals surface area contributed by atoms with Gasteiger partial charge in [0.2, 0.25) is 0 Å². The largest absolute Gasteiger partial charge is 0.360 e. The SMILES string of the molecule is CC(C)c1ccccc1N/C=C(/C#N)c1nc(-c2cccc([N+](=O)[O-])c2)cs1. The first kappa shape index (κ1) is 19.3. The molecule has 0 radical (unpaired) electrons. The topological polar surface area (TPSA) is 91.8 Å². The highest BCUT2D eigenvalue weighted by Crippen LogP contribution is 2.29. The number of non-ortho nitro benzene ring substituents is 1. The Morgan fingerprint density at radius 2 is 2.07 bits per heavy atom. The zero-order chi connectivity index (χ0) is 20.1. The lowest BCUT2D eigenvalue weighted by Gasteiger charge is -2.12. The molecule has 0 aliphatic rings. The third-order valence-electron chi connectivity index (χ3n) is 4.16. The van der Waals surface area contributed by atoms with Crippen molar-refractivity contribution in [3.63, 3.8) is 0 Å². The van der Waals surface area contributed by atoms with Gasteiger partial charge in [-0.2, -0.15) is 5.26 Å². The minimum atomic E-state index is -0.437. The number of allylic oxidation sites excluding steroid dienone is 1. The predicted molar refractivity (Wildman–Crippen MR) is 112 cm³/mol. The van der Waals surface area contributed by atoms with Gasteiger partial charge in [0.15, 0.2) is 0 Å². The Morgan fingerprint density at radius 3 is 2.79 bits per heavy atom. The van der Waals surface area contributed by atoms with Crippen molar-refractivity contribution in [1.29, 1.82) is 5.26 Å². The first-order chi connectivity index (χ1) is 13.5. The Morgan fingerprint density at radius 1 is 1.29 bits per heavy atom. The molecule has 1 heterocycles. The van der Waals surface area contributed by atoms with Gasteiger partial charge in [-0.1, -0.05) is 44.2 Å². The van der Waals surface area contributed by atoms with Crippen LogP contribution in [0, 0.1) is 21.4 Å². The molecular weight excluding hydrogens is 372 g/mol. The molecule has 0 aliphatic heterocycles. The average molecular weight is 390 g/mol. The molecule has 2 aromatic carbocycles. The summed E-state index contributed by atoms with van der Waals surface area (Å²) >= 11 is 1.33. The van der Waals surface area contributed by atoms with Gasteiger partial charge in [0.05, 0.1) is 10.6 Å². The number of nitro benzene ring substituents is 1. The number of nitro groups is 1. The lowest BCUT2D eigenvalue weighted by Crippen LogP contribution is -1.97. The fraction of sp³-hybridized carbons (Fsp3) is 0.143. The number of hydrogen-bond acceptors (Lipinski definition) is 6. The van der Waals surface area contributed by atoms with E-state index in [9.17, 15) is 15.4 Å². The van der Waals surface area contributed by atoms with Crippen LogP contribution >= 0.6 is 11.3 Å². The minimum absolute atomic E-state index is 0.00931. The number of thiazole rings is 1. The maximum Gasteiger partial charge on any atom is 0.270 e. The molecule has 0 bridgehead atoms. The van der Waals surface area contributed by atoms with E-state index in [1.54, 1.807) is 23.7 Å². The lowest BCUT2D eigenvalue weighted by molar-refractivity contribution is -0.384. The molecule has 28 heavy (non-hydrogen) atoms. The van der Waals surface area contributed by atoms with Crippen LogP contribution in [-0.2, 0) is 0 Å². The highest BCUT2D eigenvalue weighted by Gasteiger charge is 2.12. The highest BCUT2D eigenvalue weighted by molar-refractivity contribution is 7.11. The first-order valence-corrected chi connectivity index (χ1v) is 9.54. The summed E-state index contributed by atoms with van der Waals surface area (Å²) in [7, 11) is 0. The lowest BCUT2D eigenvalue weighted by atomic mass is 10.0. The van der Waals surface area contributed by atoms with Gasteiger partial charge >= 0.3 is 0 Å². The summed E-state index contributed by atoms with van der Waals surface area (Å²) in [6, 6.07) is 16.4. The smallest absolute Gasteiger partial charge is 0.270 e. The van der Waals surface area contributed by atoms with Crippen molar-refractivity contribution in [1.82, 2.24) is 4.98 Å². The van der Waals surface area contributed by atoms with Crippen LogP contribution in [0.4, 0.5) is 11.4 Å². The van der Waals surface area contributed by atoms with Gasteiger partial charge in [0.25, 0.3) is 5.69 Å². The van der Waals surface area contributed by atoms with Crippen LogP contribution in [0.15, 0.2) is 60.1 Å². The number of rotatable bonds is 6. The summed E-state index contributed by atoms with van der Waals surface area (Å²) in [4.78, 5) is 15.0. The van der Waals surface area contributed by atoms with E-state index in [0.29, 0.717) is 27.8 Å².